The van der Waals surface area contributed by atoms with Gasteiger partial charge in [0.15, 0.2) is 6.61 Å². The van der Waals surface area contributed by atoms with Gasteiger partial charge in [0.25, 0.3) is 5.91 Å². The minimum atomic E-state index is -0.597. The Morgan fingerprint density at radius 3 is 2.89 bits per heavy atom. The maximum Gasteiger partial charge on any atom is 0.338 e. The van der Waals surface area contributed by atoms with Crippen LogP contribution >= 0.6 is 0 Å². The smallest absolute Gasteiger partial charge is 0.338 e. The molecule has 0 unspecified atom stereocenters. The number of rotatable bonds is 5. The van der Waals surface area contributed by atoms with Crippen LogP contribution in [0.4, 0.5) is 5.69 Å². The number of nitrogens with zero attached hydrogens (tertiary/aromatic N) is 1. The molecule has 0 aliphatic heterocycles. The van der Waals surface area contributed by atoms with E-state index in [4.69, 9.17) is 15.7 Å². The van der Waals surface area contributed by atoms with E-state index in [0.717, 1.165) is 5.56 Å². The SMILES string of the molecule is Cc1ccc(N)cc1C(=O)OCC(=O)NCCC#N. The Bertz CT molecular complexity index is 520. The summed E-state index contributed by atoms with van der Waals surface area (Å²) in [5.41, 5.74) is 7.10. The summed E-state index contributed by atoms with van der Waals surface area (Å²) in [5, 5.41) is 10.8. The second kappa shape index (κ2) is 7.01. The Kier molecular flexibility index (Phi) is 5.35. The van der Waals surface area contributed by atoms with Crippen LogP contribution in [-0.4, -0.2) is 25.0 Å². The highest BCUT2D eigenvalue weighted by molar-refractivity contribution is 5.93. The molecule has 1 rings (SSSR count). The molecule has 1 aromatic carbocycles. The number of nitrogens with two attached hydrogens (primary N) is 1. The topological polar surface area (TPSA) is 105 Å². The normalized spacial score (nSPS) is 9.47. The number of hydrogen-bond donors (Lipinski definition) is 2. The molecule has 3 N–H and O–H groups in total. The third kappa shape index (κ3) is 4.68. The number of nitrogens with one attached hydrogen (secondary N) is 1. The van der Waals surface area contributed by atoms with E-state index < -0.39 is 11.9 Å². The Hall–Kier alpha value is -2.55. The van der Waals surface area contributed by atoms with Crippen LogP contribution in [0.15, 0.2) is 18.2 Å². The number of benzene rings is 1. The summed E-state index contributed by atoms with van der Waals surface area (Å²) in [6.45, 7) is 1.62. The fourth-order valence-electron chi connectivity index (χ4n) is 1.38. The number of ether oxygens (including phenoxy) is 1. The predicted octanol–water partition coefficient (Wildman–Crippen LogP) is 0.764. The van der Waals surface area contributed by atoms with Crippen LogP contribution in [0.3, 0.4) is 0 Å². The fourth-order valence-corrected chi connectivity index (χ4v) is 1.38. The molecule has 0 bridgehead atoms. The van der Waals surface area contributed by atoms with Gasteiger partial charge in [-0.1, -0.05) is 6.07 Å². The zero-order valence-electron chi connectivity index (χ0n) is 10.6. The van der Waals surface area contributed by atoms with E-state index in [2.05, 4.69) is 5.32 Å². The van der Waals surface area contributed by atoms with Crippen molar-refractivity contribution in [3.63, 3.8) is 0 Å². The van der Waals surface area contributed by atoms with Gasteiger partial charge in [0.2, 0.25) is 0 Å². The zero-order chi connectivity index (χ0) is 14.3. The molecule has 0 aliphatic rings. The third-order valence-corrected chi connectivity index (χ3v) is 2.37. The number of carbonyl (C=O) groups is 2. The molecule has 0 atom stereocenters. The third-order valence-electron chi connectivity index (χ3n) is 2.37. The Balaban J connectivity index is 2.49. The van der Waals surface area contributed by atoms with Gasteiger partial charge in [-0.25, -0.2) is 4.79 Å². The molecule has 19 heavy (non-hydrogen) atoms. The van der Waals surface area contributed by atoms with Crippen LogP contribution in [0.25, 0.3) is 0 Å². The van der Waals surface area contributed by atoms with Crippen LogP contribution in [-0.2, 0) is 9.53 Å². The van der Waals surface area contributed by atoms with Crippen LogP contribution in [0.1, 0.15) is 22.3 Å². The maximum absolute atomic E-state index is 11.7. The molecule has 0 fully saturated rings. The number of nitriles is 1. The number of carbonyl (C=O) groups excluding carboxylic acids is 2. The first-order valence-electron chi connectivity index (χ1n) is 5.71. The van der Waals surface area contributed by atoms with Gasteiger partial charge in [-0.05, 0) is 24.6 Å². The minimum absolute atomic E-state index is 0.216. The summed E-state index contributed by atoms with van der Waals surface area (Å²) in [7, 11) is 0. The van der Waals surface area contributed by atoms with E-state index in [0.29, 0.717) is 11.3 Å². The number of anilines is 1. The average molecular weight is 261 g/mol. The zero-order valence-corrected chi connectivity index (χ0v) is 10.6. The number of amides is 1. The van der Waals surface area contributed by atoms with E-state index in [1.165, 1.54) is 6.07 Å². The summed E-state index contributed by atoms with van der Waals surface area (Å²) < 4.78 is 4.87. The van der Waals surface area contributed by atoms with Gasteiger partial charge in [-0.2, -0.15) is 5.26 Å². The molecule has 0 radical (unpaired) electrons. The molecular weight excluding hydrogens is 246 g/mol. The second-order valence-electron chi connectivity index (χ2n) is 3.91. The highest BCUT2D eigenvalue weighted by Gasteiger charge is 2.12. The molecule has 100 valence electrons. The molecule has 0 heterocycles. The summed E-state index contributed by atoms with van der Waals surface area (Å²) >= 11 is 0. The fraction of sp³-hybridized carbons (Fsp3) is 0.308. The van der Waals surface area contributed by atoms with Crippen molar-refractivity contribution in [1.29, 1.82) is 5.26 Å². The van der Waals surface area contributed by atoms with Crippen molar-refractivity contribution in [2.45, 2.75) is 13.3 Å². The van der Waals surface area contributed by atoms with Crippen molar-refractivity contribution >= 4 is 17.6 Å². The van der Waals surface area contributed by atoms with Gasteiger partial charge in [0.05, 0.1) is 18.1 Å². The van der Waals surface area contributed by atoms with Crippen molar-refractivity contribution in [1.82, 2.24) is 5.32 Å². The number of esters is 1. The lowest BCUT2D eigenvalue weighted by Gasteiger charge is -2.08. The van der Waals surface area contributed by atoms with Crippen LogP contribution in [0, 0.1) is 18.3 Å². The van der Waals surface area contributed by atoms with Crippen LogP contribution < -0.4 is 11.1 Å². The summed E-state index contributed by atoms with van der Waals surface area (Å²) in [6.07, 6.45) is 0.216. The van der Waals surface area contributed by atoms with Crippen molar-refractivity contribution in [3.05, 3.63) is 29.3 Å². The van der Waals surface area contributed by atoms with Crippen molar-refractivity contribution in [2.24, 2.45) is 0 Å². The van der Waals surface area contributed by atoms with Gasteiger partial charge in [-0.15, -0.1) is 0 Å². The van der Waals surface area contributed by atoms with Crippen LogP contribution in [0.2, 0.25) is 0 Å². The second-order valence-corrected chi connectivity index (χ2v) is 3.91. The van der Waals surface area contributed by atoms with E-state index in [9.17, 15) is 9.59 Å². The first-order chi connectivity index (χ1) is 9.04. The van der Waals surface area contributed by atoms with Crippen molar-refractivity contribution < 1.29 is 14.3 Å². The predicted molar refractivity (Wildman–Crippen MR) is 69.1 cm³/mol. The summed E-state index contributed by atoms with van der Waals surface area (Å²) in [5.74, 6) is -1.04. The quantitative estimate of drug-likeness (QED) is 0.462. The molecule has 6 heteroatoms. The van der Waals surface area contributed by atoms with Gasteiger partial charge >= 0.3 is 5.97 Å². The maximum atomic E-state index is 11.7. The Labute approximate surface area is 111 Å². The first kappa shape index (κ1) is 14.5. The molecule has 1 amide bonds. The standard InChI is InChI=1S/C13H15N3O3/c1-9-3-4-10(15)7-11(9)13(18)19-8-12(17)16-6-2-5-14/h3-4,7H,2,6,8,15H2,1H3,(H,16,17). The Morgan fingerprint density at radius 2 is 2.21 bits per heavy atom. The largest absolute Gasteiger partial charge is 0.452 e. The van der Waals surface area contributed by atoms with Gasteiger partial charge < -0.3 is 15.8 Å². The molecule has 0 aliphatic carbocycles. The molecule has 0 saturated heterocycles. The van der Waals surface area contributed by atoms with E-state index >= 15 is 0 Å². The first-order valence-corrected chi connectivity index (χ1v) is 5.71. The monoisotopic (exact) mass is 261 g/mol. The van der Waals surface area contributed by atoms with E-state index in [1.807, 2.05) is 6.07 Å². The van der Waals surface area contributed by atoms with Gasteiger partial charge in [0.1, 0.15) is 0 Å². The average Bonchev–Trinajstić information content (AvgIpc) is 2.39. The summed E-state index contributed by atoms with van der Waals surface area (Å²) in [4.78, 5) is 23.0. The highest BCUT2D eigenvalue weighted by Crippen LogP contribution is 2.13. The minimum Gasteiger partial charge on any atom is -0.452 e. The lowest BCUT2D eigenvalue weighted by atomic mass is 10.1. The molecule has 6 nitrogen and oxygen atoms in total. The van der Waals surface area contributed by atoms with Gasteiger partial charge in [0, 0.05) is 12.2 Å². The highest BCUT2D eigenvalue weighted by atomic mass is 16.5. The molecule has 1 aromatic rings. The molecular formula is C13H15N3O3. The lowest BCUT2D eigenvalue weighted by molar-refractivity contribution is -0.124. The number of nitrogen functional groups attached to an aromatic ring is 1. The van der Waals surface area contributed by atoms with Crippen molar-refractivity contribution in [3.8, 4) is 6.07 Å². The summed E-state index contributed by atoms with van der Waals surface area (Å²) in [6, 6.07) is 6.78. The van der Waals surface area contributed by atoms with Gasteiger partial charge in [-0.3, -0.25) is 4.79 Å². The lowest BCUT2D eigenvalue weighted by Crippen LogP contribution is -2.29. The molecule has 0 spiro atoms. The Morgan fingerprint density at radius 1 is 1.47 bits per heavy atom. The van der Waals surface area contributed by atoms with E-state index in [1.54, 1.807) is 19.1 Å². The number of aryl methyl sites for hydroxylation is 1. The van der Waals surface area contributed by atoms with Crippen molar-refractivity contribution in [2.75, 3.05) is 18.9 Å². The van der Waals surface area contributed by atoms with E-state index in [-0.39, 0.29) is 19.6 Å². The van der Waals surface area contributed by atoms with Crippen LogP contribution in [0.5, 0.6) is 0 Å². The molecule has 0 aromatic heterocycles. The number of hydrogen-bond acceptors (Lipinski definition) is 5. The molecule has 0 saturated carbocycles.